The summed E-state index contributed by atoms with van der Waals surface area (Å²) in [4.78, 5) is 25.7. The Morgan fingerprint density at radius 3 is 2.48 bits per heavy atom. The molecule has 0 bridgehead atoms. The minimum Gasteiger partial charge on any atom is -0.372 e. The maximum atomic E-state index is 14.5. The molecule has 2 N–H and O–H groups in total. The van der Waals surface area contributed by atoms with Gasteiger partial charge in [-0.3, -0.25) is 9.59 Å². The molecule has 2 amide bonds. The number of halogens is 1. The van der Waals surface area contributed by atoms with Crippen LogP contribution in [0.4, 0.5) is 15.8 Å². The predicted octanol–water partition coefficient (Wildman–Crippen LogP) is 2.54. The molecule has 3 rings (SSSR count). The third kappa shape index (κ3) is 5.19. The molecular formula is C20H28FN3O3. The van der Waals surface area contributed by atoms with E-state index in [1.165, 1.54) is 6.07 Å². The zero-order valence-electron chi connectivity index (χ0n) is 16.1. The Bertz CT molecular complexity index is 702. The van der Waals surface area contributed by atoms with Crippen molar-refractivity contribution < 1.29 is 18.7 Å². The summed E-state index contributed by atoms with van der Waals surface area (Å²) in [5.41, 5.74) is 0.929. The number of amides is 2. The Balaban J connectivity index is 1.49. The lowest BCUT2D eigenvalue weighted by molar-refractivity contribution is -0.122. The summed E-state index contributed by atoms with van der Waals surface area (Å²) >= 11 is 0. The number of hydrogen-bond acceptors (Lipinski definition) is 4. The van der Waals surface area contributed by atoms with E-state index < -0.39 is 0 Å². The van der Waals surface area contributed by atoms with Gasteiger partial charge in [0.15, 0.2) is 0 Å². The fourth-order valence-corrected chi connectivity index (χ4v) is 3.56. The summed E-state index contributed by atoms with van der Waals surface area (Å²) < 4.78 is 20.2. The van der Waals surface area contributed by atoms with Gasteiger partial charge < -0.3 is 20.3 Å². The monoisotopic (exact) mass is 377 g/mol. The van der Waals surface area contributed by atoms with Crippen molar-refractivity contribution in [3.63, 3.8) is 0 Å². The average molecular weight is 377 g/mol. The van der Waals surface area contributed by atoms with E-state index in [0.717, 1.165) is 6.42 Å². The molecular weight excluding hydrogens is 349 g/mol. The van der Waals surface area contributed by atoms with Crippen LogP contribution in [0.1, 0.15) is 33.6 Å². The minimum absolute atomic E-state index is 0.0136. The fourth-order valence-electron chi connectivity index (χ4n) is 3.56. The van der Waals surface area contributed by atoms with E-state index in [-0.39, 0.29) is 48.7 Å². The summed E-state index contributed by atoms with van der Waals surface area (Å²) in [6, 6.07) is 4.72. The number of ether oxygens (including phenoxy) is 1. The van der Waals surface area contributed by atoms with E-state index in [4.69, 9.17) is 4.74 Å². The molecule has 1 aromatic carbocycles. The Morgan fingerprint density at radius 2 is 1.89 bits per heavy atom. The molecule has 1 aromatic rings. The zero-order chi connectivity index (χ0) is 19.6. The first-order valence-electron chi connectivity index (χ1n) is 9.61. The first kappa shape index (κ1) is 19.6. The van der Waals surface area contributed by atoms with Gasteiger partial charge in [-0.2, -0.15) is 0 Å². The normalized spacial score (nSPS) is 27.2. The number of nitrogens with one attached hydrogen (secondary N) is 2. The first-order chi connectivity index (χ1) is 12.8. The number of rotatable bonds is 6. The van der Waals surface area contributed by atoms with E-state index in [9.17, 15) is 14.0 Å². The lowest BCUT2D eigenvalue weighted by atomic mass is 10.2. The number of nitrogens with zero attached hydrogens (tertiary/aromatic N) is 1. The minimum atomic E-state index is -0.370. The highest BCUT2D eigenvalue weighted by Gasteiger charge is 2.38. The van der Waals surface area contributed by atoms with Gasteiger partial charge in [0.05, 0.1) is 17.9 Å². The maximum Gasteiger partial charge on any atom is 0.226 e. The van der Waals surface area contributed by atoms with E-state index in [2.05, 4.69) is 10.6 Å². The quantitative estimate of drug-likeness (QED) is 0.799. The van der Waals surface area contributed by atoms with Crippen molar-refractivity contribution in [2.75, 3.05) is 29.9 Å². The predicted molar refractivity (Wildman–Crippen MR) is 102 cm³/mol. The molecule has 1 aliphatic heterocycles. The van der Waals surface area contributed by atoms with Crippen LogP contribution in [0.5, 0.6) is 0 Å². The van der Waals surface area contributed by atoms with Gasteiger partial charge in [0.1, 0.15) is 5.82 Å². The Labute approximate surface area is 159 Å². The molecule has 2 aliphatic rings. The Morgan fingerprint density at radius 1 is 1.22 bits per heavy atom. The summed E-state index contributed by atoms with van der Waals surface area (Å²) in [5, 5.41) is 5.46. The van der Waals surface area contributed by atoms with Gasteiger partial charge in [0.2, 0.25) is 11.8 Å². The Hall–Kier alpha value is -2.15. The fraction of sp³-hybridized carbons (Fsp3) is 0.600. The topological polar surface area (TPSA) is 70.7 Å². The lowest BCUT2D eigenvalue weighted by Crippen LogP contribution is -2.45. The summed E-state index contributed by atoms with van der Waals surface area (Å²) in [7, 11) is 0. The number of anilines is 2. The van der Waals surface area contributed by atoms with Crippen LogP contribution < -0.4 is 15.5 Å². The van der Waals surface area contributed by atoms with Crippen LogP contribution in [-0.4, -0.2) is 43.7 Å². The summed E-state index contributed by atoms with van der Waals surface area (Å²) in [6.45, 7) is 7.53. The lowest BCUT2D eigenvalue weighted by Gasteiger charge is -2.37. The highest BCUT2D eigenvalue weighted by Crippen LogP contribution is 2.37. The van der Waals surface area contributed by atoms with Crippen LogP contribution in [0.15, 0.2) is 18.2 Å². The third-order valence-electron chi connectivity index (χ3n) is 5.09. The van der Waals surface area contributed by atoms with Crippen LogP contribution in [0, 0.1) is 17.7 Å². The molecule has 1 aliphatic carbocycles. The molecule has 1 saturated heterocycles. The van der Waals surface area contributed by atoms with Crippen molar-refractivity contribution in [1.82, 2.24) is 5.32 Å². The number of benzene rings is 1. The van der Waals surface area contributed by atoms with Crippen molar-refractivity contribution >= 4 is 23.2 Å². The van der Waals surface area contributed by atoms with Gasteiger partial charge in [0.25, 0.3) is 0 Å². The van der Waals surface area contributed by atoms with Crippen LogP contribution >= 0.6 is 0 Å². The molecule has 0 spiro atoms. The van der Waals surface area contributed by atoms with E-state index in [0.29, 0.717) is 30.4 Å². The van der Waals surface area contributed by atoms with Gasteiger partial charge in [-0.05, 0) is 44.4 Å². The van der Waals surface area contributed by atoms with Crippen molar-refractivity contribution in [2.24, 2.45) is 11.8 Å². The molecule has 4 atom stereocenters. The molecule has 2 fully saturated rings. The highest BCUT2D eigenvalue weighted by molar-refractivity contribution is 5.91. The van der Waals surface area contributed by atoms with Crippen molar-refractivity contribution in [3.8, 4) is 0 Å². The second kappa shape index (κ2) is 8.25. The molecule has 0 radical (unpaired) electrons. The van der Waals surface area contributed by atoms with Crippen molar-refractivity contribution in [1.29, 1.82) is 0 Å². The SMILES string of the molecule is C[C@@H]1CN(c2ccc(NC(=O)CCNC(=O)[C@@H]3C[C@@H]3C)cc2F)C[C@H](C)O1. The molecule has 148 valence electrons. The van der Waals surface area contributed by atoms with Gasteiger partial charge in [0, 0.05) is 37.7 Å². The summed E-state index contributed by atoms with van der Waals surface area (Å²) in [5.74, 6) is -0.0669. The number of hydrogen-bond donors (Lipinski definition) is 2. The van der Waals surface area contributed by atoms with E-state index in [1.807, 2.05) is 25.7 Å². The number of carbonyl (C=O) groups is 2. The van der Waals surface area contributed by atoms with Gasteiger partial charge in [-0.15, -0.1) is 0 Å². The number of morpholine rings is 1. The largest absolute Gasteiger partial charge is 0.372 e. The van der Waals surface area contributed by atoms with Crippen molar-refractivity contribution in [2.45, 2.75) is 45.8 Å². The number of carbonyl (C=O) groups excluding carboxylic acids is 2. The molecule has 7 heteroatoms. The Kier molecular flexibility index (Phi) is 5.99. The molecule has 0 aromatic heterocycles. The van der Waals surface area contributed by atoms with Gasteiger partial charge in [-0.1, -0.05) is 6.92 Å². The van der Waals surface area contributed by atoms with Crippen LogP contribution in [0.2, 0.25) is 0 Å². The van der Waals surface area contributed by atoms with Gasteiger partial charge >= 0.3 is 0 Å². The summed E-state index contributed by atoms with van der Waals surface area (Å²) in [6.07, 6.45) is 1.17. The standard InChI is InChI=1S/C20H28FN3O3/c1-12-8-16(12)20(26)22-7-6-19(25)23-15-4-5-18(17(21)9-15)24-10-13(2)27-14(3)11-24/h4-5,9,12-14,16H,6-8,10-11H2,1-3H3,(H,22,26)(H,23,25)/t12-,13-,14+,16+/m0/s1. The average Bonchev–Trinajstić information content (AvgIpc) is 3.31. The third-order valence-corrected chi connectivity index (χ3v) is 5.09. The first-order valence-corrected chi connectivity index (χ1v) is 9.61. The van der Waals surface area contributed by atoms with Crippen LogP contribution in [0.25, 0.3) is 0 Å². The van der Waals surface area contributed by atoms with Crippen molar-refractivity contribution in [3.05, 3.63) is 24.0 Å². The van der Waals surface area contributed by atoms with Crippen LogP contribution in [-0.2, 0) is 14.3 Å². The van der Waals surface area contributed by atoms with E-state index >= 15 is 0 Å². The molecule has 1 heterocycles. The van der Waals surface area contributed by atoms with Gasteiger partial charge in [-0.25, -0.2) is 4.39 Å². The molecule has 1 saturated carbocycles. The smallest absolute Gasteiger partial charge is 0.226 e. The highest BCUT2D eigenvalue weighted by atomic mass is 19.1. The zero-order valence-corrected chi connectivity index (χ0v) is 16.1. The van der Waals surface area contributed by atoms with E-state index in [1.54, 1.807) is 12.1 Å². The maximum absolute atomic E-state index is 14.5. The second-order valence-electron chi connectivity index (χ2n) is 7.74. The molecule has 6 nitrogen and oxygen atoms in total. The van der Waals surface area contributed by atoms with Crippen LogP contribution in [0.3, 0.4) is 0 Å². The molecule has 27 heavy (non-hydrogen) atoms. The second-order valence-corrected chi connectivity index (χ2v) is 7.74. The molecule has 0 unspecified atom stereocenters.